The maximum atomic E-state index is 5.85. The van der Waals surface area contributed by atoms with Crippen LogP contribution in [0.2, 0.25) is 0 Å². The molecule has 0 N–H and O–H groups in total. The molecule has 0 bridgehead atoms. The highest BCUT2D eigenvalue weighted by molar-refractivity contribution is 6.17. The number of nitrogens with zero attached hydrogens (tertiary/aromatic N) is 3. The van der Waals surface area contributed by atoms with Crippen LogP contribution in [0.15, 0.2) is 6.20 Å². The summed E-state index contributed by atoms with van der Waals surface area (Å²) in [6.45, 7) is 7.84. The van der Waals surface area contributed by atoms with Crippen molar-refractivity contribution in [3.05, 3.63) is 17.5 Å². The molecular formula is C14H24ClN3O. The molecule has 0 radical (unpaired) electrons. The first-order valence-corrected chi connectivity index (χ1v) is 7.35. The Morgan fingerprint density at radius 2 is 2.05 bits per heavy atom. The molecule has 1 aromatic heterocycles. The number of hydrogen-bond acceptors (Lipinski definition) is 4. The maximum absolute atomic E-state index is 5.85. The van der Waals surface area contributed by atoms with Crippen LogP contribution in [0.3, 0.4) is 0 Å². The lowest BCUT2D eigenvalue weighted by molar-refractivity contribution is 0.202. The standard InChI is InChI=1S/C14H24ClN3O/c1-5-13(6-2)18(7-8-19-4)14-16-10-12(9-15)11(3)17-14/h10,13H,5-9H2,1-4H3. The fourth-order valence-electron chi connectivity index (χ4n) is 2.11. The van der Waals surface area contributed by atoms with Crippen LogP contribution < -0.4 is 4.90 Å². The number of rotatable bonds is 8. The van der Waals surface area contributed by atoms with Crippen molar-refractivity contribution < 1.29 is 4.74 Å². The lowest BCUT2D eigenvalue weighted by atomic mass is 10.1. The van der Waals surface area contributed by atoms with Gasteiger partial charge in [-0.05, 0) is 19.8 Å². The van der Waals surface area contributed by atoms with Crippen LogP contribution in [-0.4, -0.2) is 36.3 Å². The molecule has 0 saturated heterocycles. The van der Waals surface area contributed by atoms with Crippen LogP contribution in [-0.2, 0) is 10.6 Å². The first-order chi connectivity index (χ1) is 9.17. The molecule has 1 aromatic rings. The minimum atomic E-state index is 0.441. The summed E-state index contributed by atoms with van der Waals surface area (Å²) in [4.78, 5) is 11.3. The molecule has 0 unspecified atom stereocenters. The Kier molecular flexibility index (Phi) is 7.10. The SMILES string of the molecule is CCC(CC)N(CCOC)c1ncc(CCl)c(C)n1. The van der Waals surface area contributed by atoms with Crippen molar-refractivity contribution in [2.24, 2.45) is 0 Å². The molecule has 0 aliphatic heterocycles. The third-order valence-corrected chi connectivity index (χ3v) is 3.68. The van der Waals surface area contributed by atoms with Crippen LogP contribution in [0.25, 0.3) is 0 Å². The van der Waals surface area contributed by atoms with Crippen LogP contribution in [0.5, 0.6) is 0 Å². The van der Waals surface area contributed by atoms with Gasteiger partial charge in [-0.2, -0.15) is 0 Å². The third kappa shape index (κ3) is 4.32. The monoisotopic (exact) mass is 285 g/mol. The Hall–Kier alpha value is -0.870. The highest BCUT2D eigenvalue weighted by atomic mass is 35.5. The third-order valence-electron chi connectivity index (χ3n) is 3.39. The number of hydrogen-bond donors (Lipinski definition) is 0. The summed E-state index contributed by atoms with van der Waals surface area (Å²) in [5.74, 6) is 1.23. The fraction of sp³-hybridized carbons (Fsp3) is 0.714. The van der Waals surface area contributed by atoms with Crippen molar-refractivity contribution in [1.82, 2.24) is 9.97 Å². The molecule has 1 rings (SSSR count). The van der Waals surface area contributed by atoms with Crippen molar-refractivity contribution in [2.75, 3.05) is 25.2 Å². The van der Waals surface area contributed by atoms with Crippen molar-refractivity contribution >= 4 is 17.5 Å². The summed E-state index contributed by atoms with van der Waals surface area (Å²) in [5, 5.41) is 0. The van der Waals surface area contributed by atoms with Gasteiger partial charge in [-0.1, -0.05) is 13.8 Å². The average Bonchev–Trinajstić information content (AvgIpc) is 2.43. The minimum absolute atomic E-state index is 0.441. The van der Waals surface area contributed by atoms with Gasteiger partial charge < -0.3 is 9.64 Å². The Morgan fingerprint density at radius 1 is 1.37 bits per heavy atom. The summed E-state index contributed by atoms with van der Waals surface area (Å²) in [7, 11) is 1.72. The van der Waals surface area contributed by atoms with Gasteiger partial charge in [-0.15, -0.1) is 11.6 Å². The fourth-order valence-corrected chi connectivity index (χ4v) is 2.38. The first kappa shape index (κ1) is 16.2. The van der Waals surface area contributed by atoms with Gasteiger partial charge in [0.2, 0.25) is 5.95 Å². The van der Waals surface area contributed by atoms with Crippen LogP contribution >= 0.6 is 11.6 Å². The zero-order chi connectivity index (χ0) is 14.3. The molecule has 19 heavy (non-hydrogen) atoms. The van der Waals surface area contributed by atoms with Gasteiger partial charge in [-0.25, -0.2) is 9.97 Å². The van der Waals surface area contributed by atoms with E-state index in [4.69, 9.17) is 16.3 Å². The van der Waals surface area contributed by atoms with E-state index in [1.807, 2.05) is 13.1 Å². The normalized spacial score (nSPS) is 11.1. The average molecular weight is 286 g/mol. The van der Waals surface area contributed by atoms with E-state index >= 15 is 0 Å². The molecule has 108 valence electrons. The number of anilines is 1. The van der Waals surface area contributed by atoms with Crippen molar-refractivity contribution in [1.29, 1.82) is 0 Å². The Labute approximate surface area is 121 Å². The predicted molar refractivity (Wildman–Crippen MR) is 79.9 cm³/mol. The van der Waals surface area contributed by atoms with E-state index in [-0.39, 0.29) is 0 Å². The lowest BCUT2D eigenvalue weighted by Crippen LogP contribution is -2.38. The molecule has 0 saturated carbocycles. The van der Waals surface area contributed by atoms with E-state index < -0.39 is 0 Å². The number of halogens is 1. The van der Waals surface area contributed by atoms with Gasteiger partial charge >= 0.3 is 0 Å². The number of aromatic nitrogens is 2. The lowest BCUT2D eigenvalue weighted by Gasteiger charge is -2.30. The molecule has 5 heteroatoms. The molecular weight excluding hydrogens is 262 g/mol. The van der Waals surface area contributed by atoms with Gasteiger partial charge in [0, 0.05) is 37.2 Å². The van der Waals surface area contributed by atoms with E-state index in [1.165, 1.54) is 0 Å². The van der Waals surface area contributed by atoms with E-state index in [0.717, 1.165) is 36.6 Å². The summed E-state index contributed by atoms with van der Waals surface area (Å²) >= 11 is 5.85. The topological polar surface area (TPSA) is 38.2 Å². The second-order valence-electron chi connectivity index (χ2n) is 4.57. The number of ether oxygens (including phenoxy) is 1. The smallest absolute Gasteiger partial charge is 0.225 e. The predicted octanol–water partition coefficient (Wildman–Crippen LogP) is 3.17. The number of methoxy groups -OCH3 is 1. The number of alkyl halides is 1. The molecule has 0 atom stereocenters. The van der Waals surface area contributed by atoms with Crippen LogP contribution in [0.1, 0.15) is 37.9 Å². The van der Waals surface area contributed by atoms with Crippen molar-refractivity contribution in [3.63, 3.8) is 0 Å². The molecule has 0 aromatic carbocycles. The highest BCUT2D eigenvalue weighted by Gasteiger charge is 2.18. The zero-order valence-corrected chi connectivity index (χ0v) is 13.1. The highest BCUT2D eigenvalue weighted by Crippen LogP contribution is 2.18. The largest absolute Gasteiger partial charge is 0.383 e. The Balaban J connectivity index is 2.98. The van der Waals surface area contributed by atoms with Gasteiger partial charge in [0.15, 0.2) is 0 Å². The summed E-state index contributed by atoms with van der Waals surface area (Å²) in [5.41, 5.74) is 1.94. The molecule has 4 nitrogen and oxygen atoms in total. The van der Waals surface area contributed by atoms with Gasteiger partial charge in [0.25, 0.3) is 0 Å². The summed E-state index contributed by atoms with van der Waals surface area (Å²) in [6, 6.07) is 0.441. The molecule has 0 aliphatic carbocycles. The molecule has 0 aliphatic rings. The van der Waals surface area contributed by atoms with Crippen LogP contribution in [0.4, 0.5) is 5.95 Å². The first-order valence-electron chi connectivity index (χ1n) is 6.81. The molecule has 0 spiro atoms. The second-order valence-corrected chi connectivity index (χ2v) is 4.84. The molecule has 0 fully saturated rings. The molecule has 1 heterocycles. The van der Waals surface area contributed by atoms with E-state index in [9.17, 15) is 0 Å². The Morgan fingerprint density at radius 3 is 2.53 bits per heavy atom. The quantitative estimate of drug-likeness (QED) is 0.688. The maximum Gasteiger partial charge on any atom is 0.225 e. The van der Waals surface area contributed by atoms with E-state index in [2.05, 4.69) is 28.7 Å². The Bertz CT molecular complexity index is 383. The summed E-state index contributed by atoms with van der Waals surface area (Å²) in [6.07, 6.45) is 3.96. The van der Waals surface area contributed by atoms with E-state index in [1.54, 1.807) is 7.11 Å². The van der Waals surface area contributed by atoms with Crippen molar-refractivity contribution in [2.45, 2.75) is 45.5 Å². The van der Waals surface area contributed by atoms with Gasteiger partial charge in [0.05, 0.1) is 12.5 Å². The zero-order valence-electron chi connectivity index (χ0n) is 12.3. The van der Waals surface area contributed by atoms with E-state index in [0.29, 0.717) is 18.5 Å². The molecule has 0 amide bonds. The second kappa shape index (κ2) is 8.33. The van der Waals surface area contributed by atoms with Gasteiger partial charge in [0.1, 0.15) is 0 Å². The van der Waals surface area contributed by atoms with Gasteiger partial charge in [-0.3, -0.25) is 0 Å². The minimum Gasteiger partial charge on any atom is -0.383 e. The number of aryl methyl sites for hydroxylation is 1. The van der Waals surface area contributed by atoms with Crippen molar-refractivity contribution in [3.8, 4) is 0 Å². The summed E-state index contributed by atoms with van der Waals surface area (Å²) < 4.78 is 5.19. The van der Waals surface area contributed by atoms with Crippen LogP contribution in [0, 0.1) is 6.92 Å².